The normalized spacial score (nSPS) is 16.0. The van der Waals surface area contributed by atoms with Gasteiger partial charge in [-0.25, -0.2) is 0 Å². The molecule has 0 saturated carbocycles. The van der Waals surface area contributed by atoms with Crippen molar-refractivity contribution in [2.45, 2.75) is 91.5 Å². The molecule has 0 aliphatic carbocycles. The number of nitrogens with zero attached hydrogens (tertiary/aromatic N) is 1. The number of amides is 1. The first-order valence-electron chi connectivity index (χ1n) is 12.4. The Bertz CT molecular complexity index is 592. The molecule has 1 aromatic carbocycles. The first-order chi connectivity index (χ1) is 14.6. The van der Waals surface area contributed by atoms with E-state index in [0.717, 1.165) is 37.8 Å². The standard InChI is InChI=1S/C13H18N2OP.3C4H9.Sn/c16-13(11-4-2-1-3-5-11)14-12-6-8-15(10-17)9-7-12;3*1-3-4-2;/h2-5,12H,6-10,17H2,(H,14,16);3*1,3-4H2,2H3;. The van der Waals surface area contributed by atoms with E-state index in [1.54, 1.807) is 3.58 Å². The van der Waals surface area contributed by atoms with E-state index in [-0.39, 0.29) is 5.91 Å². The van der Waals surface area contributed by atoms with E-state index in [2.05, 4.69) is 64.5 Å². The number of piperidine rings is 1. The molecule has 0 spiro atoms. The molecule has 1 fully saturated rings. The van der Waals surface area contributed by atoms with Gasteiger partial charge in [0.1, 0.15) is 0 Å². The van der Waals surface area contributed by atoms with Crippen molar-refractivity contribution < 1.29 is 4.79 Å². The fourth-order valence-corrected chi connectivity index (χ4v) is 21.2. The van der Waals surface area contributed by atoms with Gasteiger partial charge in [-0.05, 0) is 0 Å². The Hall–Kier alpha value is -0.121. The summed E-state index contributed by atoms with van der Waals surface area (Å²) in [5, 5.41) is 3.29. The van der Waals surface area contributed by atoms with Crippen LogP contribution in [0.2, 0.25) is 13.3 Å². The molecule has 1 atom stereocenters. The van der Waals surface area contributed by atoms with Crippen molar-refractivity contribution in [2.75, 3.05) is 19.4 Å². The van der Waals surface area contributed by atoms with Gasteiger partial charge >= 0.3 is 193 Å². The van der Waals surface area contributed by atoms with Gasteiger partial charge in [0, 0.05) is 0 Å². The van der Waals surface area contributed by atoms with Crippen LogP contribution in [-0.2, 0) is 0 Å². The van der Waals surface area contributed by atoms with Crippen LogP contribution in [0, 0.1) is 0 Å². The summed E-state index contributed by atoms with van der Waals surface area (Å²) in [5.41, 5.74) is 0.842. The molecule has 1 aliphatic heterocycles. The fourth-order valence-electron chi connectivity index (χ4n) is 4.86. The van der Waals surface area contributed by atoms with Crippen LogP contribution in [-0.4, -0.2) is 54.6 Å². The van der Waals surface area contributed by atoms with Crippen molar-refractivity contribution >= 4 is 37.1 Å². The van der Waals surface area contributed by atoms with Crippen molar-refractivity contribution in [1.82, 2.24) is 10.2 Å². The minimum atomic E-state index is -2.39. The van der Waals surface area contributed by atoms with Crippen LogP contribution in [0.4, 0.5) is 0 Å². The number of carbonyl (C=O) groups is 1. The summed E-state index contributed by atoms with van der Waals surface area (Å²) in [4.78, 5) is 15.3. The molecular weight excluding hydrogens is 494 g/mol. The van der Waals surface area contributed by atoms with Gasteiger partial charge in [-0.15, -0.1) is 0 Å². The van der Waals surface area contributed by atoms with E-state index in [9.17, 15) is 4.79 Å². The minimum absolute atomic E-state index is 0.113. The van der Waals surface area contributed by atoms with Crippen LogP contribution in [0.5, 0.6) is 0 Å². The van der Waals surface area contributed by atoms with E-state index in [1.165, 1.54) is 51.8 Å². The monoisotopic (exact) mass is 540 g/mol. The Morgan fingerprint density at radius 3 is 1.90 bits per heavy atom. The average molecular weight is 539 g/mol. The Balaban J connectivity index is 2.09. The van der Waals surface area contributed by atoms with E-state index in [0.29, 0.717) is 6.04 Å². The summed E-state index contributed by atoms with van der Waals surface area (Å²) >= 11 is -2.39. The Morgan fingerprint density at radius 1 is 0.967 bits per heavy atom. The molecule has 0 bridgehead atoms. The SMILES string of the molecule is CCC[CH2][Sn]([CH2]CCC)([CH2]CCC)[c]1ccc(C(=O)NC2CCN(CP)CC2)cc1. The number of hydrogen-bond acceptors (Lipinski definition) is 2. The van der Waals surface area contributed by atoms with E-state index in [1.807, 2.05) is 0 Å². The van der Waals surface area contributed by atoms with Gasteiger partial charge in [0.25, 0.3) is 0 Å². The summed E-state index contributed by atoms with van der Waals surface area (Å²) in [6.45, 7) is 9.14. The summed E-state index contributed by atoms with van der Waals surface area (Å²) in [6, 6.07) is 9.27. The molecule has 30 heavy (non-hydrogen) atoms. The van der Waals surface area contributed by atoms with Crippen molar-refractivity contribution in [3.8, 4) is 0 Å². The van der Waals surface area contributed by atoms with Crippen molar-refractivity contribution in [3.05, 3.63) is 29.8 Å². The predicted molar refractivity (Wildman–Crippen MR) is 138 cm³/mol. The van der Waals surface area contributed by atoms with E-state index < -0.39 is 18.4 Å². The Morgan fingerprint density at radius 2 is 1.47 bits per heavy atom. The van der Waals surface area contributed by atoms with Crippen LogP contribution in [0.1, 0.15) is 82.5 Å². The zero-order valence-corrected chi connectivity index (χ0v) is 23.7. The van der Waals surface area contributed by atoms with Crippen LogP contribution in [0.15, 0.2) is 24.3 Å². The van der Waals surface area contributed by atoms with Gasteiger partial charge in [0.15, 0.2) is 0 Å². The first kappa shape index (κ1) is 26.1. The number of likely N-dealkylation sites (tertiary alicyclic amines) is 1. The van der Waals surface area contributed by atoms with Gasteiger partial charge in [-0.3, -0.25) is 0 Å². The molecule has 1 heterocycles. The van der Waals surface area contributed by atoms with E-state index in [4.69, 9.17) is 0 Å². The zero-order chi connectivity index (χ0) is 21.8. The molecule has 1 saturated heterocycles. The summed E-state index contributed by atoms with van der Waals surface area (Å²) in [5.74, 6) is 0.113. The molecule has 1 unspecified atom stereocenters. The molecule has 2 rings (SSSR count). The second-order valence-electron chi connectivity index (χ2n) is 9.22. The summed E-state index contributed by atoms with van der Waals surface area (Å²) in [6.07, 6.45) is 11.2. The van der Waals surface area contributed by atoms with Gasteiger partial charge in [-0.1, -0.05) is 0 Å². The van der Waals surface area contributed by atoms with Gasteiger partial charge in [-0.2, -0.15) is 0 Å². The molecule has 3 nitrogen and oxygen atoms in total. The molecule has 5 heteroatoms. The number of unbranched alkanes of at least 4 members (excludes halogenated alkanes) is 3. The molecule has 1 amide bonds. The number of benzene rings is 1. The second-order valence-corrected chi connectivity index (χ2v) is 22.8. The topological polar surface area (TPSA) is 32.3 Å². The van der Waals surface area contributed by atoms with Crippen LogP contribution in [0.25, 0.3) is 0 Å². The molecular formula is C25H45N2OPSn. The van der Waals surface area contributed by atoms with Crippen LogP contribution >= 0.6 is 9.24 Å². The quantitative estimate of drug-likeness (QED) is 0.255. The molecule has 0 aromatic heterocycles. The van der Waals surface area contributed by atoms with Crippen LogP contribution < -0.4 is 8.90 Å². The third kappa shape index (κ3) is 7.78. The van der Waals surface area contributed by atoms with Gasteiger partial charge in [0.2, 0.25) is 0 Å². The molecule has 1 aromatic rings. The van der Waals surface area contributed by atoms with Gasteiger partial charge < -0.3 is 0 Å². The maximum atomic E-state index is 12.8. The van der Waals surface area contributed by atoms with E-state index >= 15 is 0 Å². The van der Waals surface area contributed by atoms with Crippen LogP contribution in [0.3, 0.4) is 0 Å². The first-order valence-corrected chi connectivity index (χ1v) is 20.7. The Labute approximate surface area is 192 Å². The maximum absolute atomic E-state index is 12.8. The third-order valence-electron chi connectivity index (χ3n) is 6.97. The average Bonchev–Trinajstić information content (AvgIpc) is 2.79. The fraction of sp³-hybridized carbons (Fsp3) is 0.720. The molecule has 1 aliphatic rings. The van der Waals surface area contributed by atoms with Crippen molar-refractivity contribution in [2.24, 2.45) is 0 Å². The number of rotatable bonds is 13. The molecule has 0 radical (unpaired) electrons. The van der Waals surface area contributed by atoms with Gasteiger partial charge in [0.05, 0.1) is 0 Å². The Kier molecular flexibility index (Phi) is 12.3. The number of hydrogen-bond donors (Lipinski definition) is 1. The zero-order valence-electron chi connectivity index (χ0n) is 19.7. The van der Waals surface area contributed by atoms with Crippen molar-refractivity contribution in [1.29, 1.82) is 0 Å². The number of nitrogens with one attached hydrogen (secondary N) is 1. The second kappa shape index (κ2) is 14.1. The summed E-state index contributed by atoms with van der Waals surface area (Å²) < 4.78 is 6.09. The van der Waals surface area contributed by atoms with Crippen molar-refractivity contribution in [3.63, 3.8) is 0 Å². The number of carbonyl (C=O) groups excluding carboxylic acids is 1. The molecule has 1 N–H and O–H groups in total. The molecule has 170 valence electrons. The third-order valence-corrected chi connectivity index (χ3v) is 23.2. The summed E-state index contributed by atoms with van der Waals surface area (Å²) in [7, 11) is 2.80. The predicted octanol–water partition coefficient (Wildman–Crippen LogP) is 5.77.